The van der Waals surface area contributed by atoms with Crippen LogP contribution in [0.4, 0.5) is 11.6 Å². The van der Waals surface area contributed by atoms with E-state index in [0.29, 0.717) is 0 Å². The molecule has 2 rings (SSSR count). The van der Waals surface area contributed by atoms with Crippen LogP contribution in [-0.4, -0.2) is 23.1 Å². The van der Waals surface area contributed by atoms with Gasteiger partial charge in [-0.15, -0.1) is 0 Å². The molecule has 0 saturated carbocycles. The first-order valence-electron chi connectivity index (χ1n) is 6.72. The van der Waals surface area contributed by atoms with E-state index in [1.54, 1.807) is 6.33 Å². The number of hydrogen-bond donors (Lipinski definition) is 2. The van der Waals surface area contributed by atoms with E-state index in [4.69, 9.17) is 5.84 Å². The lowest BCUT2D eigenvalue weighted by Crippen LogP contribution is -2.24. The van der Waals surface area contributed by atoms with Gasteiger partial charge in [0.05, 0.1) is 0 Å². The number of rotatable bonds is 4. The first-order valence-corrected chi connectivity index (χ1v) is 6.72. The van der Waals surface area contributed by atoms with Crippen molar-refractivity contribution >= 4 is 11.6 Å². The molecule has 1 aromatic rings. The minimum Gasteiger partial charge on any atom is -0.356 e. The van der Waals surface area contributed by atoms with Gasteiger partial charge < -0.3 is 10.3 Å². The monoisotopic (exact) mass is 249 g/mol. The number of anilines is 2. The Morgan fingerprint density at radius 2 is 2.28 bits per heavy atom. The zero-order valence-corrected chi connectivity index (χ0v) is 11.5. The largest absolute Gasteiger partial charge is 0.356 e. The van der Waals surface area contributed by atoms with Crippen molar-refractivity contribution in [3.63, 3.8) is 0 Å². The van der Waals surface area contributed by atoms with Gasteiger partial charge in [0.1, 0.15) is 18.0 Å². The molecule has 1 aliphatic heterocycles. The summed E-state index contributed by atoms with van der Waals surface area (Å²) in [5.74, 6) is 8.79. The summed E-state index contributed by atoms with van der Waals surface area (Å²) < 4.78 is 0. The highest BCUT2D eigenvalue weighted by Gasteiger charge is 2.27. The lowest BCUT2D eigenvalue weighted by Gasteiger charge is -2.22. The number of aromatic nitrogens is 2. The van der Waals surface area contributed by atoms with Crippen LogP contribution in [0.25, 0.3) is 0 Å². The molecule has 5 heteroatoms. The molecular formula is C13H23N5. The van der Waals surface area contributed by atoms with Crippen LogP contribution < -0.4 is 16.2 Å². The Morgan fingerprint density at radius 3 is 2.83 bits per heavy atom. The molecule has 0 radical (unpaired) electrons. The number of nitrogens with two attached hydrogens (primary N) is 1. The zero-order valence-electron chi connectivity index (χ0n) is 11.5. The highest BCUT2D eigenvalue weighted by Crippen LogP contribution is 2.31. The molecule has 1 unspecified atom stereocenters. The fraction of sp³-hybridized carbons (Fsp3) is 0.692. The maximum absolute atomic E-state index is 5.51. The Labute approximate surface area is 109 Å². The van der Waals surface area contributed by atoms with Gasteiger partial charge >= 0.3 is 0 Å². The first-order chi connectivity index (χ1) is 8.67. The van der Waals surface area contributed by atoms with Crippen molar-refractivity contribution in [3.05, 3.63) is 11.9 Å². The number of nitrogens with one attached hydrogen (secondary N) is 1. The molecule has 1 aliphatic rings. The number of nitrogen functional groups attached to an aromatic ring is 1. The van der Waals surface area contributed by atoms with Crippen molar-refractivity contribution in [2.24, 2.45) is 17.7 Å². The Kier molecular flexibility index (Phi) is 4.01. The van der Waals surface area contributed by atoms with Gasteiger partial charge in [-0.25, -0.2) is 15.8 Å². The topological polar surface area (TPSA) is 67.1 Å². The maximum Gasteiger partial charge on any atom is 0.148 e. The summed E-state index contributed by atoms with van der Waals surface area (Å²) in [7, 11) is 0. The van der Waals surface area contributed by atoms with E-state index in [2.05, 4.69) is 41.1 Å². The molecule has 0 aliphatic carbocycles. The van der Waals surface area contributed by atoms with Crippen molar-refractivity contribution < 1.29 is 0 Å². The summed E-state index contributed by atoms with van der Waals surface area (Å²) >= 11 is 0. The summed E-state index contributed by atoms with van der Waals surface area (Å²) in [5, 5.41) is 0. The molecule has 0 aromatic carbocycles. The third-order valence-corrected chi connectivity index (χ3v) is 3.88. The van der Waals surface area contributed by atoms with Gasteiger partial charge in [-0.2, -0.15) is 0 Å². The number of hydrazine groups is 1. The van der Waals surface area contributed by atoms with Gasteiger partial charge in [0.15, 0.2) is 0 Å². The average molecular weight is 249 g/mol. The predicted octanol–water partition coefficient (Wildman–Crippen LogP) is 1.81. The van der Waals surface area contributed by atoms with Gasteiger partial charge in [0.2, 0.25) is 0 Å². The second-order valence-corrected chi connectivity index (χ2v) is 5.26. The van der Waals surface area contributed by atoms with Crippen LogP contribution in [0.2, 0.25) is 0 Å². The van der Waals surface area contributed by atoms with Gasteiger partial charge in [-0.3, -0.25) is 0 Å². The van der Waals surface area contributed by atoms with Crippen LogP contribution >= 0.6 is 0 Å². The summed E-state index contributed by atoms with van der Waals surface area (Å²) in [6, 6.07) is 0. The quantitative estimate of drug-likeness (QED) is 0.629. The third-order valence-electron chi connectivity index (χ3n) is 3.88. The standard InChI is InChI=1S/C13H23N5/c1-4-11-12(17-14)15-8-16-13(11)18-6-5-10(7-18)9(2)3/h8-10H,4-7,14H2,1-3H3,(H,15,16,17). The molecule has 0 amide bonds. The fourth-order valence-electron chi connectivity index (χ4n) is 2.65. The second kappa shape index (κ2) is 5.52. The Balaban J connectivity index is 2.24. The minimum atomic E-state index is 0.731. The smallest absolute Gasteiger partial charge is 0.148 e. The summed E-state index contributed by atoms with van der Waals surface area (Å²) in [6.45, 7) is 8.87. The number of nitrogens with zero attached hydrogens (tertiary/aromatic N) is 3. The summed E-state index contributed by atoms with van der Waals surface area (Å²) in [4.78, 5) is 11.0. The molecule has 100 valence electrons. The summed E-state index contributed by atoms with van der Waals surface area (Å²) in [5.41, 5.74) is 3.78. The van der Waals surface area contributed by atoms with Gasteiger partial charge in [-0.05, 0) is 24.7 Å². The van der Waals surface area contributed by atoms with Crippen LogP contribution in [0.1, 0.15) is 32.8 Å². The van der Waals surface area contributed by atoms with E-state index in [1.807, 2.05) is 0 Å². The molecule has 5 nitrogen and oxygen atoms in total. The lowest BCUT2D eigenvalue weighted by atomic mass is 9.95. The predicted molar refractivity (Wildman–Crippen MR) is 74.4 cm³/mol. The average Bonchev–Trinajstić information content (AvgIpc) is 2.87. The molecule has 0 spiro atoms. The molecule has 1 fully saturated rings. The third kappa shape index (κ3) is 2.41. The molecular weight excluding hydrogens is 226 g/mol. The van der Waals surface area contributed by atoms with Crippen LogP contribution in [0, 0.1) is 11.8 Å². The Morgan fingerprint density at radius 1 is 1.50 bits per heavy atom. The molecule has 1 saturated heterocycles. The molecule has 1 atom stereocenters. The maximum atomic E-state index is 5.51. The van der Waals surface area contributed by atoms with Crippen molar-refractivity contribution in [1.29, 1.82) is 0 Å². The second-order valence-electron chi connectivity index (χ2n) is 5.26. The van der Waals surface area contributed by atoms with E-state index < -0.39 is 0 Å². The highest BCUT2D eigenvalue weighted by molar-refractivity contribution is 5.58. The molecule has 2 heterocycles. The van der Waals surface area contributed by atoms with E-state index >= 15 is 0 Å². The van der Waals surface area contributed by atoms with Crippen LogP contribution in [0.3, 0.4) is 0 Å². The molecule has 1 aromatic heterocycles. The van der Waals surface area contributed by atoms with Crippen molar-refractivity contribution in [3.8, 4) is 0 Å². The van der Waals surface area contributed by atoms with E-state index in [0.717, 1.165) is 48.5 Å². The minimum absolute atomic E-state index is 0.731. The van der Waals surface area contributed by atoms with Gasteiger partial charge in [0, 0.05) is 18.7 Å². The van der Waals surface area contributed by atoms with Crippen molar-refractivity contribution in [1.82, 2.24) is 9.97 Å². The van der Waals surface area contributed by atoms with E-state index in [-0.39, 0.29) is 0 Å². The first kappa shape index (κ1) is 13.1. The molecule has 3 N–H and O–H groups in total. The highest BCUT2D eigenvalue weighted by atomic mass is 15.3. The van der Waals surface area contributed by atoms with E-state index in [1.165, 1.54) is 6.42 Å². The molecule has 0 bridgehead atoms. The van der Waals surface area contributed by atoms with Gasteiger partial charge in [0.25, 0.3) is 0 Å². The van der Waals surface area contributed by atoms with E-state index in [9.17, 15) is 0 Å². The summed E-state index contributed by atoms with van der Waals surface area (Å²) in [6.07, 6.45) is 3.72. The van der Waals surface area contributed by atoms with Gasteiger partial charge in [-0.1, -0.05) is 20.8 Å². The number of hydrogen-bond acceptors (Lipinski definition) is 5. The zero-order chi connectivity index (χ0) is 13.1. The van der Waals surface area contributed by atoms with Crippen LogP contribution in [0.15, 0.2) is 6.33 Å². The normalized spacial score (nSPS) is 19.6. The van der Waals surface area contributed by atoms with Crippen LogP contribution in [-0.2, 0) is 6.42 Å². The van der Waals surface area contributed by atoms with Crippen molar-refractivity contribution in [2.45, 2.75) is 33.6 Å². The van der Waals surface area contributed by atoms with Crippen LogP contribution in [0.5, 0.6) is 0 Å². The molecule has 18 heavy (non-hydrogen) atoms. The fourth-order valence-corrected chi connectivity index (χ4v) is 2.65. The SMILES string of the molecule is CCc1c(NN)ncnc1N1CCC(C(C)C)C1. The Hall–Kier alpha value is -1.36. The lowest BCUT2D eigenvalue weighted by molar-refractivity contribution is 0.422. The van der Waals surface area contributed by atoms with Crippen molar-refractivity contribution in [2.75, 3.05) is 23.4 Å². The Bertz CT molecular complexity index is 404.